The van der Waals surface area contributed by atoms with Crippen molar-refractivity contribution < 1.29 is 19.1 Å². The summed E-state index contributed by atoms with van der Waals surface area (Å²) in [6, 6.07) is 11.7. The van der Waals surface area contributed by atoms with Crippen LogP contribution in [-0.2, 0) is 14.4 Å². The van der Waals surface area contributed by atoms with Crippen molar-refractivity contribution in [3.05, 3.63) is 58.1 Å². The second-order valence-corrected chi connectivity index (χ2v) is 7.51. The zero-order chi connectivity index (χ0) is 22.8. The minimum Gasteiger partial charge on any atom is -0.484 e. The van der Waals surface area contributed by atoms with Gasteiger partial charge in [0.05, 0.1) is 0 Å². The minimum absolute atomic E-state index is 0.0481. The van der Waals surface area contributed by atoms with Crippen LogP contribution in [0.2, 0.25) is 10.0 Å². The molecule has 11 heteroatoms. The summed E-state index contributed by atoms with van der Waals surface area (Å²) in [6.45, 7) is 1.50. The minimum atomic E-state index is -0.516. The fourth-order valence-electron chi connectivity index (χ4n) is 2.25. The summed E-state index contributed by atoms with van der Waals surface area (Å²) in [5.41, 5.74) is 6.02. The average molecular weight is 483 g/mol. The number of carbonyl (C=O) groups excluding carboxylic acids is 3. The van der Waals surface area contributed by atoms with E-state index in [1.54, 1.807) is 49.4 Å². The van der Waals surface area contributed by atoms with Crippen LogP contribution in [-0.4, -0.2) is 29.4 Å². The third-order valence-corrected chi connectivity index (χ3v) is 4.74. The summed E-state index contributed by atoms with van der Waals surface area (Å²) in [5.74, 6) is -0.862. The molecule has 0 saturated heterocycles. The molecule has 164 valence electrons. The van der Waals surface area contributed by atoms with E-state index in [2.05, 4.69) is 21.5 Å². The van der Waals surface area contributed by atoms with Crippen molar-refractivity contribution in [2.75, 3.05) is 11.9 Å². The molecule has 0 radical (unpaired) electrons. The number of amides is 3. The maximum atomic E-state index is 12.0. The molecule has 0 aromatic heterocycles. The first-order valence-electron chi connectivity index (χ1n) is 9.06. The fraction of sp³-hybridized carbons (Fsp3) is 0.200. The van der Waals surface area contributed by atoms with E-state index in [1.807, 2.05) is 0 Å². The Morgan fingerprint density at radius 2 is 1.61 bits per heavy atom. The number of hydrogen-bond acceptors (Lipinski definition) is 5. The van der Waals surface area contributed by atoms with Gasteiger partial charge in [-0.3, -0.25) is 30.6 Å². The normalized spacial score (nSPS) is 10.0. The maximum Gasteiger partial charge on any atom is 0.264 e. The quantitative estimate of drug-likeness (QED) is 0.356. The molecular weight excluding hydrogens is 463 g/mol. The van der Waals surface area contributed by atoms with Crippen LogP contribution in [0.25, 0.3) is 0 Å². The van der Waals surface area contributed by atoms with Gasteiger partial charge in [0.1, 0.15) is 5.75 Å². The van der Waals surface area contributed by atoms with Gasteiger partial charge in [0.2, 0.25) is 11.8 Å². The van der Waals surface area contributed by atoms with Gasteiger partial charge in [-0.2, -0.15) is 0 Å². The third kappa shape index (κ3) is 8.79. The third-order valence-electron chi connectivity index (χ3n) is 3.87. The molecule has 0 bridgehead atoms. The predicted molar refractivity (Wildman–Crippen MR) is 123 cm³/mol. The molecule has 0 heterocycles. The summed E-state index contributed by atoms with van der Waals surface area (Å²) >= 11 is 16.7. The Hall–Kier alpha value is -2.88. The zero-order valence-corrected chi connectivity index (χ0v) is 18.8. The standard InChI is InChI=1S/C20H20Cl2N4O4S/c1-12-15(22)3-2-4-16(12)23-17(27)9-10-18(28)25-26-20(31)24-19(29)11-30-14-7-5-13(21)6-8-14/h2-8H,9-11H2,1H3,(H,23,27)(H,25,28)(H2,24,26,29,31). The van der Waals surface area contributed by atoms with Crippen LogP contribution in [0, 0.1) is 6.92 Å². The molecule has 31 heavy (non-hydrogen) atoms. The van der Waals surface area contributed by atoms with Crippen molar-refractivity contribution in [1.29, 1.82) is 0 Å². The largest absolute Gasteiger partial charge is 0.484 e. The first-order chi connectivity index (χ1) is 14.7. The number of thiocarbonyl (C=S) groups is 1. The molecule has 3 amide bonds. The van der Waals surface area contributed by atoms with E-state index in [9.17, 15) is 14.4 Å². The van der Waals surface area contributed by atoms with Crippen LogP contribution in [0.3, 0.4) is 0 Å². The summed E-state index contributed by atoms with van der Waals surface area (Å²) < 4.78 is 5.28. The molecular formula is C20H20Cl2N4O4S. The van der Waals surface area contributed by atoms with Crippen molar-refractivity contribution in [2.24, 2.45) is 0 Å². The Kier molecular flexibility index (Phi) is 9.51. The van der Waals surface area contributed by atoms with Crippen molar-refractivity contribution in [3.63, 3.8) is 0 Å². The fourth-order valence-corrected chi connectivity index (χ4v) is 2.71. The van der Waals surface area contributed by atoms with Gasteiger partial charge < -0.3 is 10.1 Å². The highest BCUT2D eigenvalue weighted by Gasteiger charge is 2.11. The number of carbonyl (C=O) groups is 3. The number of nitrogens with one attached hydrogen (secondary N) is 4. The molecule has 4 N–H and O–H groups in total. The second kappa shape index (κ2) is 12.1. The lowest BCUT2D eigenvalue weighted by molar-refractivity contribution is -0.125. The Balaban J connectivity index is 1.64. The summed E-state index contributed by atoms with van der Waals surface area (Å²) in [4.78, 5) is 35.7. The summed E-state index contributed by atoms with van der Waals surface area (Å²) in [7, 11) is 0. The molecule has 2 aromatic carbocycles. The number of anilines is 1. The van der Waals surface area contributed by atoms with E-state index in [1.165, 1.54) is 0 Å². The van der Waals surface area contributed by atoms with Gasteiger partial charge in [-0.1, -0.05) is 29.3 Å². The van der Waals surface area contributed by atoms with E-state index in [0.717, 1.165) is 5.56 Å². The first-order valence-corrected chi connectivity index (χ1v) is 10.2. The van der Waals surface area contributed by atoms with E-state index >= 15 is 0 Å². The van der Waals surface area contributed by atoms with Gasteiger partial charge in [0.25, 0.3) is 5.91 Å². The lowest BCUT2D eigenvalue weighted by Gasteiger charge is -2.12. The van der Waals surface area contributed by atoms with Gasteiger partial charge in [-0.05, 0) is 61.1 Å². The Labute approximate surface area is 194 Å². The first kappa shape index (κ1) is 24.4. The number of benzene rings is 2. The molecule has 0 atom stereocenters. The number of rotatable bonds is 7. The number of ether oxygens (including phenoxy) is 1. The van der Waals surface area contributed by atoms with Crippen LogP contribution >= 0.6 is 35.4 Å². The molecule has 8 nitrogen and oxygen atoms in total. The molecule has 0 spiro atoms. The number of hydrogen-bond donors (Lipinski definition) is 4. The van der Waals surface area contributed by atoms with E-state index in [4.69, 9.17) is 40.2 Å². The molecule has 0 saturated carbocycles. The Morgan fingerprint density at radius 1 is 0.935 bits per heavy atom. The highest BCUT2D eigenvalue weighted by Crippen LogP contribution is 2.23. The SMILES string of the molecule is Cc1c(Cl)cccc1NC(=O)CCC(=O)NNC(=S)NC(=O)COc1ccc(Cl)cc1. The zero-order valence-electron chi connectivity index (χ0n) is 16.5. The van der Waals surface area contributed by atoms with E-state index in [0.29, 0.717) is 21.5 Å². The van der Waals surface area contributed by atoms with Crippen molar-refractivity contribution in [3.8, 4) is 5.75 Å². The van der Waals surface area contributed by atoms with Crippen LogP contribution < -0.4 is 26.2 Å². The monoisotopic (exact) mass is 482 g/mol. The molecule has 0 fully saturated rings. The lowest BCUT2D eigenvalue weighted by atomic mass is 10.2. The molecule has 0 aliphatic heterocycles. The topological polar surface area (TPSA) is 109 Å². The van der Waals surface area contributed by atoms with E-state index < -0.39 is 11.8 Å². The van der Waals surface area contributed by atoms with Crippen LogP contribution in [0.4, 0.5) is 5.69 Å². The average Bonchev–Trinajstić information content (AvgIpc) is 2.73. The smallest absolute Gasteiger partial charge is 0.264 e. The van der Waals surface area contributed by atoms with Gasteiger partial charge in [0, 0.05) is 28.6 Å². The Bertz CT molecular complexity index is 970. The van der Waals surface area contributed by atoms with Crippen LogP contribution in [0.1, 0.15) is 18.4 Å². The van der Waals surface area contributed by atoms with Gasteiger partial charge in [0.15, 0.2) is 11.7 Å². The molecule has 0 aliphatic rings. The summed E-state index contributed by atoms with van der Waals surface area (Å²) in [6.07, 6.45) is -0.137. The van der Waals surface area contributed by atoms with Crippen molar-refractivity contribution in [2.45, 2.75) is 19.8 Å². The van der Waals surface area contributed by atoms with Gasteiger partial charge >= 0.3 is 0 Å². The number of hydrazine groups is 1. The number of halogens is 2. The highest BCUT2D eigenvalue weighted by molar-refractivity contribution is 7.80. The molecule has 2 aromatic rings. The lowest BCUT2D eigenvalue weighted by Crippen LogP contribution is -2.49. The van der Waals surface area contributed by atoms with Gasteiger partial charge in [-0.25, -0.2) is 0 Å². The molecule has 0 unspecified atom stereocenters. The second-order valence-electron chi connectivity index (χ2n) is 6.25. The van der Waals surface area contributed by atoms with Crippen LogP contribution in [0.15, 0.2) is 42.5 Å². The molecule has 2 rings (SSSR count). The summed E-state index contributed by atoms with van der Waals surface area (Å²) in [5, 5.41) is 6.02. The van der Waals surface area contributed by atoms with E-state index in [-0.39, 0.29) is 30.5 Å². The van der Waals surface area contributed by atoms with Crippen molar-refractivity contribution >= 4 is 63.9 Å². The van der Waals surface area contributed by atoms with Crippen molar-refractivity contribution in [1.82, 2.24) is 16.2 Å². The predicted octanol–water partition coefficient (Wildman–Crippen LogP) is 3.12. The van der Waals surface area contributed by atoms with Crippen LogP contribution in [0.5, 0.6) is 5.75 Å². The maximum absolute atomic E-state index is 12.0. The highest BCUT2D eigenvalue weighted by atomic mass is 35.5. The van der Waals surface area contributed by atoms with Gasteiger partial charge in [-0.15, -0.1) is 0 Å². The molecule has 0 aliphatic carbocycles. The Morgan fingerprint density at radius 3 is 2.32 bits per heavy atom.